The highest BCUT2D eigenvalue weighted by atomic mass is 32.2. The predicted octanol–water partition coefficient (Wildman–Crippen LogP) is 4.86. The molecule has 0 saturated carbocycles. The van der Waals surface area contributed by atoms with Crippen LogP contribution in [0.5, 0.6) is 0 Å². The lowest BCUT2D eigenvalue weighted by Crippen LogP contribution is -2.36. The van der Waals surface area contributed by atoms with Crippen molar-refractivity contribution >= 4 is 62.7 Å². The fourth-order valence-electron chi connectivity index (χ4n) is 2.63. The largest absolute Gasteiger partial charge is 0.300 e. The molecule has 0 aliphatic carbocycles. The molecular weight excluding hydrogens is 426 g/mol. The topological polar surface area (TPSA) is 79.4 Å². The van der Waals surface area contributed by atoms with Crippen LogP contribution in [0.4, 0.5) is 9.93 Å². The molecule has 0 spiro atoms. The minimum Gasteiger partial charge on any atom is -0.300 e. The van der Waals surface area contributed by atoms with E-state index in [-0.39, 0.29) is 6.54 Å². The van der Waals surface area contributed by atoms with Gasteiger partial charge in [0, 0.05) is 15.8 Å². The molecule has 0 unspecified atom stereocenters. The van der Waals surface area contributed by atoms with Crippen molar-refractivity contribution in [2.75, 3.05) is 11.9 Å². The fraction of sp³-hybridized carbons (Fsp3) is 0.100. The van der Waals surface area contributed by atoms with Crippen LogP contribution < -0.4 is 5.32 Å². The number of nitrogens with zero attached hydrogens (tertiary/aromatic N) is 2. The monoisotopic (exact) mass is 441 g/mol. The fourth-order valence-corrected chi connectivity index (χ4v) is 4.93. The molecule has 1 aromatic carbocycles. The van der Waals surface area contributed by atoms with Gasteiger partial charge in [-0.15, -0.1) is 22.7 Å². The Morgan fingerprint density at radius 2 is 1.97 bits per heavy atom. The van der Waals surface area contributed by atoms with Gasteiger partial charge in [-0.3, -0.25) is 19.3 Å². The summed E-state index contributed by atoms with van der Waals surface area (Å²) in [5.41, 5.74) is 2.87. The highest BCUT2D eigenvalue weighted by Gasteiger charge is 2.36. The smallest absolute Gasteiger partial charge is 0.294 e. The van der Waals surface area contributed by atoms with Crippen molar-refractivity contribution in [2.45, 2.75) is 6.92 Å². The minimum absolute atomic E-state index is 0.321. The second-order valence-corrected chi connectivity index (χ2v) is 9.07. The van der Waals surface area contributed by atoms with Crippen molar-refractivity contribution in [3.63, 3.8) is 0 Å². The minimum atomic E-state index is -0.463. The van der Waals surface area contributed by atoms with Gasteiger partial charge in [0.1, 0.15) is 6.54 Å². The van der Waals surface area contributed by atoms with Gasteiger partial charge in [0.05, 0.1) is 10.6 Å². The maximum absolute atomic E-state index is 12.5. The molecule has 2 aromatic heterocycles. The van der Waals surface area contributed by atoms with E-state index >= 15 is 0 Å². The van der Waals surface area contributed by atoms with E-state index in [0.29, 0.717) is 10.0 Å². The highest BCUT2D eigenvalue weighted by molar-refractivity contribution is 8.18. The van der Waals surface area contributed by atoms with Crippen molar-refractivity contribution < 1.29 is 14.4 Å². The van der Waals surface area contributed by atoms with E-state index in [0.717, 1.165) is 38.4 Å². The molecule has 1 saturated heterocycles. The van der Waals surface area contributed by atoms with Crippen molar-refractivity contribution in [1.29, 1.82) is 0 Å². The van der Waals surface area contributed by atoms with Crippen LogP contribution in [0.1, 0.15) is 10.4 Å². The summed E-state index contributed by atoms with van der Waals surface area (Å²) < 4.78 is 0. The second-order valence-electron chi connectivity index (χ2n) is 6.24. The zero-order valence-corrected chi connectivity index (χ0v) is 17.7. The van der Waals surface area contributed by atoms with Gasteiger partial charge in [-0.25, -0.2) is 4.98 Å². The lowest BCUT2D eigenvalue weighted by Gasteiger charge is -2.11. The molecule has 3 amide bonds. The Labute approximate surface area is 179 Å². The Bertz CT molecular complexity index is 1100. The summed E-state index contributed by atoms with van der Waals surface area (Å²) >= 11 is 3.61. The number of aryl methyl sites for hydroxylation is 1. The lowest BCUT2D eigenvalue weighted by molar-refractivity contribution is -0.127. The van der Waals surface area contributed by atoms with E-state index in [9.17, 15) is 14.4 Å². The summed E-state index contributed by atoms with van der Waals surface area (Å²) in [6.07, 6.45) is 1.67. The third-order valence-electron chi connectivity index (χ3n) is 4.09. The number of thiazole rings is 1. The second kappa shape index (κ2) is 8.32. The van der Waals surface area contributed by atoms with E-state index in [2.05, 4.69) is 10.3 Å². The van der Waals surface area contributed by atoms with Crippen LogP contribution in [0.25, 0.3) is 17.3 Å². The number of nitrogens with one attached hydrogen (secondary N) is 1. The Hall–Kier alpha value is -2.75. The normalized spacial score (nSPS) is 15.3. The number of carbonyl (C=O) groups is 3. The Kier molecular flexibility index (Phi) is 5.61. The number of anilines is 1. The van der Waals surface area contributed by atoms with E-state index in [4.69, 9.17) is 0 Å². The van der Waals surface area contributed by atoms with Crippen LogP contribution in [0.2, 0.25) is 0 Å². The predicted molar refractivity (Wildman–Crippen MR) is 118 cm³/mol. The summed E-state index contributed by atoms with van der Waals surface area (Å²) in [6.45, 7) is 1.67. The third kappa shape index (κ3) is 4.47. The average molecular weight is 442 g/mol. The molecule has 29 heavy (non-hydrogen) atoms. The first-order chi connectivity index (χ1) is 14.0. The molecule has 1 aliphatic heterocycles. The third-order valence-corrected chi connectivity index (χ3v) is 6.57. The first kappa shape index (κ1) is 19.6. The maximum atomic E-state index is 12.5. The van der Waals surface area contributed by atoms with E-state index in [1.54, 1.807) is 6.08 Å². The quantitative estimate of drug-likeness (QED) is 0.572. The van der Waals surface area contributed by atoms with Gasteiger partial charge < -0.3 is 5.32 Å². The lowest BCUT2D eigenvalue weighted by atomic mass is 10.1. The molecular formula is C20H15N3O3S3. The Balaban J connectivity index is 1.40. The van der Waals surface area contributed by atoms with Crippen LogP contribution >= 0.6 is 34.4 Å². The van der Waals surface area contributed by atoms with E-state index in [1.165, 1.54) is 22.7 Å². The van der Waals surface area contributed by atoms with Crippen LogP contribution in [0.15, 0.2) is 52.1 Å². The first-order valence-corrected chi connectivity index (χ1v) is 11.2. The van der Waals surface area contributed by atoms with Gasteiger partial charge in [-0.2, -0.15) is 0 Å². The molecule has 3 aromatic rings. The summed E-state index contributed by atoms with van der Waals surface area (Å²) in [4.78, 5) is 43.6. The standard InChI is InChI=1S/C20H15N3O3S3/c1-12-4-6-13(7-5-12)15-11-28-19(21-15)22-17(24)10-23-18(25)16(29-20(23)26)9-14-3-2-8-27-14/h2-9,11H,10H2,1H3,(H,21,22,24)/b16-9-. The summed E-state index contributed by atoms with van der Waals surface area (Å²) in [5.74, 6) is -0.919. The van der Waals surface area contributed by atoms with Gasteiger partial charge >= 0.3 is 0 Å². The molecule has 4 rings (SSSR count). The number of amides is 3. The first-order valence-electron chi connectivity index (χ1n) is 8.61. The summed E-state index contributed by atoms with van der Waals surface area (Å²) in [5, 5.41) is 6.38. The SMILES string of the molecule is Cc1ccc(-c2csc(NC(=O)CN3C(=O)S/C(=C\c4cccs4)C3=O)n2)cc1. The average Bonchev–Trinajstić information content (AvgIpc) is 3.42. The van der Waals surface area contributed by atoms with E-state index < -0.39 is 17.1 Å². The number of thiophene rings is 1. The number of rotatable bonds is 5. The molecule has 9 heteroatoms. The van der Waals surface area contributed by atoms with Crippen molar-refractivity contribution in [3.05, 3.63) is 62.5 Å². The van der Waals surface area contributed by atoms with Crippen molar-refractivity contribution in [1.82, 2.24) is 9.88 Å². The van der Waals surface area contributed by atoms with Crippen molar-refractivity contribution in [2.24, 2.45) is 0 Å². The maximum Gasteiger partial charge on any atom is 0.294 e. The Morgan fingerprint density at radius 3 is 2.69 bits per heavy atom. The Morgan fingerprint density at radius 1 is 1.17 bits per heavy atom. The summed E-state index contributed by atoms with van der Waals surface area (Å²) in [6, 6.07) is 11.7. The number of imide groups is 1. The highest BCUT2D eigenvalue weighted by Crippen LogP contribution is 2.33. The number of benzene rings is 1. The van der Waals surface area contributed by atoms with Gasteiger partial charge in [-0.05, 0) is 36.2 Å². The number of thioether (sulfide) groups is 1. The van der Waals surface area contributed by atoms with Crippen LogP contribution in [-0.2, 0) is 9.59 Å². The molecule has 3 heterocycles. The molecule has 1 fully saturated rings. The van der Waals surface area contributed by atoms with Crippen LogP contribution in [0, 0.1) is 6.92 Å². The number of aromatic nitrogens is 1. The number of hydrogen-bond acceptors (Lipinski definition) is 7. The van der Waals surface area contributed by atoms with Gasteiger partial charge in [0.15, 0.2) is 5.13 Å². The molecule has 1 aliphatic rings. The number of hydrogen-bond donors (Lipinski definition) is 1. The molecule has 6 nitrogen and oxygen atoms in total. The summed E-state index contributed by atoms with van der Waals surface area (Å²) in [7, 11) is 0. The number of carbonyl (C=O) groups excluding carboxylic acids is 3. The molecule has 1 N–H and O–H groups in total. The van der Waals surface area contributed by atoms with Gasteiger partial charge in [-0.1, -0.05) is 35.9 Å². The zero-order valence-electron chi connectivity index (χ0n) is 15.2. The zero-order chi connectivity index (χ0) is 20.4. The molecule has 146 valence electrons. The van der Waals surface area contributed by atoms with E-state index in [1.807, 2.05) is 54.1 Å². The van der Waals surface area contributed by atoms with Gasteiger partial charge in [0.25, 0.3) is 11.1 Å². The molecule has 0 radical (unpaired) electrons. The van der Waals surface area contributed by atoms with Gasteiger partial charge in [0.2, 0.25) is 5.91 Å². The van der Waals surface area contributed by atoms with Crippen LogP contribution in [0.3, 0.4) is 0 Å². The van der Waals surface area contributed by atoms with Crippen molar-refractivity contribution in [3.8, 4) is 11.3 Å². The molecule has 0 atom stereocenters. The molecule has 0 bridgehead atoms. The van der Waals surface area contributed by atoms with Crippen LogP contribution in [-0.4, -0.2) is 33.5 Å².